The van der Waals surface area contributed by atoms with Crippen LogP contribution < -0.4 is 11.1 Å². The summed E-state index contributed by atoms with van der Waals surface area (Å²) in [5.74, 6) is -0.924. The molecular formula is C12H16FN3O2. The highest BCUT2D eigenvalue weighted by Gasteiger charge is 2.26. The molecule has 3 N–H and O–H groups in total. The molecule has 1 aliphatic rings. The van der Waals surface area contributed by atoms with Gasteiger partial charge in [0.25, 0.3) is 5.91 Å². The summed E-state index contributed by atoms with van der Waals surface area (Å²) in [6.07, 6.45) is 3.71. The first-order valence-electron chi connectivity index (χ1n) is 5.85. The lowest BCUT2D eigenvalue weighted by Crippen LogP contribution is -2.34. The standard InChI is InChI=1S/C12H16FN3O2/c1-18-9-3-2-8(5-9)16-12(17)10-4-7(13)6-15-11(10)14/h4,6,8-9H,2-3,5H2,1H3,(H2,14,15)(H,16,17). The number of rotatable bonds is 3. The average Bonchev–Trinajstić information content (AvgIpc) is 2.80. The molecule has 1 aliphatic carbocycles. The van der Waals surface area contributed by atoms with Crippen LogP contribution in [0.25, 0.3) is 0 Å². The zero-order chi connectivity index (χ0) is 13.1. The van der Waals surface area contributed by atoms with Crippen molar-refractivity contribution in [3.8, 4) is 0 Å². The lowest BCUT2D eigenvalue weighted by molar-refractivity contribution is 0.0915. The van der Waals surface area contributed by atoms with Crippen LogP contribution in [0.3, 0.4) is 0 Å². The van der Waals surface area contributed by atoms with Crippen molar-refractivity contribution >= 4 is 11.7 Å². The maximum atomic E-state index is 13.0. The SMILES string of the molecule is COC1CCC(NC(=O)c2cc(F)cnc2N)C1. The summed E-state index contributed by atoms with van der Waals surface area (Å²) in [4.78, 5) is 15.6. The third kappa shape index (κ3) is 2.76. The van der Waals surface area contributed by atoms with E-state index in [-0.39, 0.29) is 29.4 Å². The van der Waals surface area contributed by atoms with E-state index in [1.807, 2.05) is 0 Å². The monoisotopic (exact) mass is 253 g/mol. The molecule has 1 aromatic heterocycles. The maximum Gasteiger partial charge on any atom is 0.255 e. The van der Waals surface area contributed by atoms with Crippen molar-refractivity contribution in [2.75, 3.05) is 12.8 Å². The van der Waals surface area contributed by atoms with Crippen molar-refractivity contribution in [1.82, 2.24) is 10.3 Å². The first-order valence-corrected chi connectivity index (χ1v) is 5.85. The van der Waals surface area contributed by atoms with Crippen molar-refractivity contribution in [3.05, 3.63) is 23.6 Å². The van der Waals surface area contributed by atoms with Gasteiger partial charge in [-0.15, -0.1) is 0 Å². The zero-order valence-corrected chi connectivity index (χ0v) is 10.1. The van der Waals surface area contributed by atoms with Crippen LogP contribution in [0.5, 0.6) is 0 Å². The highest BCUT2D eigenvalue weighted by molar-refractivity contribution is 5.98. The quantitative estimate of drug-likeness (QED) is 0.845. The second-order valence-electron chi connectivity index (χ2n) is 4.43. The number of ether oxygens (including phenoxy) is 1. The Balaban J connectivity index is 2.02. The number of nitrogens with two attached hydrogens (primary N) is 1. The molecule has 0 spiro atoms. The summed E-state index contributed by atoms with van der Waals surface area (Å²) in [6, 6.07) is 1.14. The van der Waals surface area contributed by atoms with Gasteiger partial charge in [-0.1, -0.05) is 0 Å². The van der Waals surface area contributed by atoms with Crippen LogP contribution in [0.15, 0.2) is 12.3 Å². The fourth-order valence-corrected chi connectivity index (χ4v) is 2.18. The van der Waals surface area contributed by atoms with Gasteiger partial charge in [0, 0.05) is 13.2 Å². The number of anilines is 1. The van der Waals surface area contributed by atoms with Crippen LogP contribution in [0, 0.1) is 5.82 Å². The molecule has 1 saturated carbocycles. The Bertz CT molecular complexity index is 453. The summed E-state index contributed by atoms with van der Waals surface area (Å²) >= 11 is 0. The molecule has 0 aromatic carbocycles. The highest BCUT2D eigenvalue weighted by Crippen LogP contribution is 2.22. The Labute approximate surface area is 105 Å². The van der Waals surface area contributed by atoms with Crippen LogP contribution in [0.1, 0.15) is 29.6 Å². The summed E-state index contributed by atoms with van der Waals surface area (Å²) < 4.78 is 18.2. The van der Waals surface area contributed by atoms with Gasteiger partial charge in [0.2, 0.25) is 0 Å². The molecular weight excluding hydrogens is 237 g/mol. The van der Waals surface area contributed by atoms with Crippen LogP contribution in [0.4, 0.5) is 10.2 Å². The lowest BCUT2D eigenvalue weighted by Gasteiger charge is -2.13. The Morgan fingerprint density at radius 1 is 1.61 bits per heavy atom. The molecule has 1 heterocycles. The third-order valence-electron chi connectivity index (χ3n) is 3.18. The van der Waals surface area contributed by atoms with Gasteiger partial charge >= 0.3 is 0 Å². The van der Waals surface area contributed by atoms with Gasteiger partial charge in [0.05, 0.1) is 17.9 Å². The first kappa shape index (κ1) is 12.8. The van der Waals surface area contributed by atoms with Crippen molar-refractivity contribution < 1.29 is 13.9 Å². The number of aromatic nitrogens is 1. The predicted octanol–water partition coefficient (Wildman–Crippen LogP) is 1.10. The van der Waals surface area contributed by atoms with Gasteiger partial charge < -0.3 is 15.8 Å². The minimum atomic E-state index is -0.574. The normalized spacial score (nSPS) is 23.0. The molecule has 1 aromatic rings. The second-order valence-corrected chi connectivity index (χ2v) is 4.43. The van der Waals surface area contributed by atoms with Crippen LogP contribution >= 0.6 is 0 Å². The molecule has 0 aliphatic heterocycles. The van der Waals surface area contributed by atoms with Crippen molar-refractivity contribution in [1.29, 1.82) is 0 Å². The van der Waals surface area contributed by atoms with Crippen LogP contribution in [-0.4, -0.2) is 30.1 Å². The Morgan fingerprint density at radius 2 is 2.39 bits per heavy atom. The van der Waals surface area contributed by atoms with Crippen LogP contribution in [-0.2, 0) is 4.74 Å². The number of nitrogen functional groups attached to an aromatic ring is 1. The minimum Gasteiger partial charge on any atom is -0.383 e. The number of halogens is 1. The van der Waals surface area contributed by atoms with Gasteiger partial charge in [0.15, 0.2) is 0 Å². The molecule has 18 heavy (non-hydrogen) atoms. The topological polar surface area (TPSA) is 77.2 Å². The zero-order valence-electron chi connectivity index (χ0n) is 10.1. The Hall–Kier alpha value is -1.69. The number of amides is 1. The number of nitrogens with one attached hydrogen (secondary N) is 1. The van der Waals surface area contributed by atoms with E-state index in [2.05, 4.69) is 10.3 Å². The number of carbonyl (C=O) groups excluding carboxylic acids is 1. The molecule has 0 bridgehead atoms. The number of nitrogens with zero attached hydrogens (tertiary/aromatic N) is 1. The average molecular weight is 253 g/mol. The van der Waals surface area contributed by atoms with E-state index in [0.29, 0.717) is 0 Å². The number of hydrogen-bond acceptors (Lipinski definition) is 4. The van der Waals surface area contributed by atoms with Crippen LogP contribution in [0.2, 0.25) is 0 Å². The number of pyridine rings is 1. The fourth-order valence-electron chi connectivity index (χ4n) is 2.18. The molecule has 0 radical (unpaired) electrons. The highest BCUT2D eigenvalue weighted by atomic mass is 19.1. The maximum absolute atomic E-state index is 13.0. The molecule has 1 fully saturated rings. The van der Waals surface area contributed by atoms with Gasteiger partial charge in [0.1, 0.15) is 11.6 Å². The van der Waals surface area contributed by atoms with E-state index in [9.17, 15) is 9.18 Å². The molecule has 1 amide bonds. The van der Waals surface area contributed by atoms with Gasteiger partial charge in [-0.05, 0) is 25.3 Å². The Morgan fingerprint density at radius 3 is 3.06 bits per heavy atom. The minimum absolute atomic E-state index is 0.0372. The molecule has 2 unspecified atom stereocenters. The van der Waals surface area contributed by atoms with Crippen molar-refractivity contribution in [2.45, 2.75) is 31.4 Å². The molecule has 6 heteroatoms. The first-order chi connectivity index (χ1) is 8.60. The van der Waals surface area contributed by atoms with Crippen molar-refractivity contribution in [3.63, 3.8) is 0 Å². The fraction of sp³-hybridized carbons (Fsp3) is 0.500. The predicted molar refractivity (Wildman–Crippen MR) is 64.5 cm³/mol. The van der Waals surface area contributed by atoms with E-state index in [1.54, 1.807) is 7.11 Å². The molecule has 98 valence electrons. The second kappa shape index (κ2) is 5.30. The van der Waals surface area contributed by atoms with E-state index in [1.165, 1.54) is 0 Å². The lowest BCUT2D eigenvalue weighted by atomic mass is 10.2. The third-order valence-corrected chi connectivity index (χ3v) is 3.18. The molecule has 2 rings (SSSR count). The van der Waals surface area contributed by atoms with E-state index in [0.717, 1.165) is 31.5 Å². The van der Waals surface area contributed by atoms with E-state index >= 15 is 0 Å². The number of methoxy groups -OCH3 is 1. The van der Waals surface area contributed by atoms with E-state index < -0.39 is 5.82 Å². The molecule has 5 nitrogen and oxygen atoms in total. The summed E-state index contributed by atoms with van der Waals surface area (Å²) in [7, 11) is 1.66. The molecule has 0 saturated heterocycles. The summed E-state index contributed by atoms with van der Waals surface area (Å²) in [5, 5.41) is 2.82. The largest absolute Gasteiger partial charge is 0.383 e. The molecule has 2 atom stereocenters. The number of hydrogen-bond donors (Lipinski definition) is 2. The summed E-state index contributed by atoms with van der Waals surface area (Å²) in [6.45, 7) is 0. The van der Waals surface area contributed by atoms with Crippen molar-refractivity contribution in [2.24, 2.45) is 0 Å². The van der Waals surface area contributed by atoms with Gasteiger partial charge in [-0.2, -0.15) is 0 Å². The number of carbonyl (C=O) groups is 1. The van der Waals surface area contributed by atoms with Gasteiger partial charge in [-0.3, -0.25) is 4.79 Å². The summed E-state index contributed by atoms with van der Waals surface area (Å²) in [5.41, 5.74) is 5.63. The smallest absolute Gasteiger partial charge is 0.255 e. The van der Waals surface area contributed by atoms with E-state index in [4.69, 9.17) is 10.5 Å². The van der Waals surface area contributed by atoms with Gasteiger partial charge in [-0.25, -0.2) is 9.37 Å². The Kier molecular flexibility index (Phi) is 3.76.